The summed E-state index contributed by atoms with van der Waals surface area (Å²) in [5.41, 5.74) is 6.88. The summed E-state index contributed by atoms with van der Waals surface area (Å²) in [6.45, 7) is 1.80. The van der Waals surface area contributed by atoms with Gasteiger partial charge in [0, 0.05) is 11.5 Å². The van der Waals surface area contributed by atoms with Crippen LogP contribution in [0, 0.1) is 12.7 Å². The predicted molar refractivity (Wildman–Crippen MR) is 77.8 cm³/mol. The lowest BCUT2D eigenvalue weighted by Gasteiger charge is -2.12. The van der Waals surface area contributed by atoms with E-state index in [1.54, 1.807) is 19.1 Å². The van der Waals surface area contributed by atoms with Crippen LogP contribution in [0.25, 0.3) is 0 Å². The minimum atomic E-state index is -0.501. The molecule has 0 radical (unpaired) electrons. The van der Waals surface area contributed by atoms with Crippen LogP contribution in [0.4, 0.5) is 21.7 Å². The Morgan fingerprint density at radius 2 is 2.10 bits per heavy atom. The zero-order valence-electron chi connectivity index (χ0n) is 11.0. The van der Waals surface area contributed by atoms with Gasteiger partial charge in [-0.1, -0.05) is 17.7 Å². The second-order valence-corrected chi connectivity index (χ2v) is 5.35. The van der Waals surface area contributed by atoms with E-state index < -0.39 is 5.82 Å². The molecule has 2 aromatic rings. The van der Waals surface area contributed by atoms with Gasteiger partial charge < -0.3 is 11.1 Å². The van der Waals surface area contributed by atoms with Gasteiger partial charge in [0.25, 0.3) is 0 Å². The van der Waals surface area contributed by atoms with Crippen molar-refractivity contribution in [1.29, 1.82) is 0 Å². The van der Waals surface area contributed by atoms with Crippen molar-refractivity contribution in [3.8, 4) is 0 Å². The monoisotopic (exact) mass is 292 g/mol. The molecule has 3 rings (SSSR count). The van der Waals surface area contributed by atoms with Gasteiger partial charge in [-0.2, -0.15) is 0 Å². The third-order valence-electron chi connectivity index (χ3n) is 3.35. The largest absolute Gasteiger partial charge is 0.383 e. The van der Waals surface area contributed by atoms with E-state index in [9.17, 15) is 4.39 Å². The van der Waals surface area contributed by atoms with Crippen LogP contribution in [0.5, 0.6) is 0 Å². The Labute approximate surface area is 121 Å². The van der Waals surface area contributed by atoms with Crippen LogP contribution < -0.4 is 11.1 Å². The number of halogens is 2. The molecule has 1 aliphatic rings. The molecule has 4 nitrogen and oxygen atoms in total. The molecule has 1 saturated carbocycles. The molecule has 0 aliphatic heterocycles. The molecule has 20 heavy (non-hydrogen) atoms. The Balaban J connectivity index is 1.99. The van der Waals surface area contributed by atoms with Gasteiger partial charge in [0.05, 0.1) is 10.7 Å². The zero-order chi connectivity index (χ0) is 14.3. The van der Waals surface area contributed by atoms with Crippen LogP contribution in [0.1, 0.15) is 30.1 Å². The number of nitrogens with two attached hydrogens (primary N) is 1. The summed E-state index contributed by atoms with van der Waals surface area (Å²) in [6, 6.07) is 4.78. The molecule has 0 saturated heterocycles. The van der Waals surface area contributed by atoms with Crippen molar-refractivity contribution in [1.82, 2.24) is 9.97 Å². The highest BCUT2D eigenvalue weighted by atomic mass is 35.5. The Kier molecular flexibility index (Phi) is 3.22. The lowest BCUT2D eigenvalue weighted by atomic mass is 10.2. The Morgan fingerprint density at radius 3 is 2.80 bits per heavy atom. The van der Waals surface area contributed by atoms with E-state index in [2.05, 4.69) is 15.3 Å². The van der Waals surface area contributed by atoms with E-state index >= 15 is 0 Å². The predicted octanol–water partition coefficient (Wildman–Crippen LogP) is 3.78. The molecule has 1 heterocycles. The first kappa shape index (κ1) is 13.1. The minimum absolute atomic E-state index is 0.0668. The SMILES string of the molecule is Cc1c(N)nc(C2CC2)nc1Nc1cccc(Cl)c1F. The zero-order valence-corrected chi connectivity index (χ0v) is 11.7. The van der Waals surface area contributed by atoms with Gasteiger partial charge in [0.1, 0.15) is 17.5 Å². The molecular weight excluding hydrogens is 279 g/mol. The average Bonchev–Trinajstić information content (AvgIpc) is 3.24. The molecule has 1 aromatic heterocycles. The molecule has 0 atom stereocenters. The fraction of sp³-hybridized carbons (Fsp3) is 0.286. The van der Waals surface area contributed by atoms with Crippen molar-refractivity contribution in [3.05, 3.63) is 40.4 Å². The number of nitrogen functional groups attached to an aromatic ring is 1. The summed E-state index contributed by atoms with van der Waals surface area (Å²) in [7, 11) is 0. The molecule has 1 aromatic carbocycles. The van der Waals surface area contributed by atoms with Crippen LogP contribution in [0.2, 0.25) is 5.02 Å². The molecule has 6 heteroatoms. The second-order valence-electron chi connectivity index (χ2n) is 4.94. The van der Waals surface area contributed by atoms with E-state index in [1.807, 2.05) is 0 Å². The van der Waals surface area contributed by atoms with Gasteiger partial charge in [-0.15, -0.1) is 0 Å². The molecule has 0 amide bonds. The van der Waals surface area contributed by atoms with E-state index in [4.69, 9.17) is 17.3 Å². The maximum Gasteiger partial charge on any atom is 0.165 e. The molecule has 0 unspecified atom stereocenters. The van der Waals surface area contributed by atoms with E-state index in [-0.39, 0.29) is 10.7 Å². The first-order chi connectivity index (χ1) is 9.56. The van der Waals surface area contributed by atoms with Gasteiger partial charge in [-0.05, 0) is 31.9 Å². The number of anilines is 3. The van der Waals surface area contributed by atoms with Gasteiger partial charge >= 0.3 is 0 Å². The lowest BCUT2D eigenvalue weighted by molar-refractivity contribution is 0.632. The van der Waals surface area contributed by atoms with Crippen LogP contribution in [0.3, 0.4) is 0 Å². The van der Waals surface area contributed by atoms with Crippen LogP contribution >= 0.6 is 11.6 Å². The molecule has 104 valence electrons. The summed E-state index contributed by atoms with van der Waals surface area (Å²) in [5.74, 6) is 1.55. The number of nitrogens with one attached hydrogen (secondary N) is 1. The third kappa shape index (κ3) is 2.41. The van der Waals surface area contributed by atoms with E-state index in [1.165, 1.54) is 6.07 Å². The Bertz CT molecular complexity index is 670. The first-order valence-corrected chi connectivity index (χ1v) is 6.79. The van der Waals surface area contributed by atoms with Gasteiger partial charge in [-0.3, -0.25) is 0 Å². The number of nitrogens with zero attached hydrogens (tertiary/aromatic N) is 2. The van der Waals surface area contributed by atoms with Crippen molar-refractivity contribution >= 4 is 28.9 Å². The van der Waals surface area contributed by atoms with Crippen molar-refractivity contribution in [2.75, 3.05) is 11.1 Å². The minimum Gasteiger partial charge on any atom is -0.383 e. The number of hydrogen-bond acceptors (Lipinski definition) is 4. The Morgan fingerprint density at radius 1 is 1.35 bits per heavy atom. The number of aromatic nitrogens is 2. The molecule has 1 fully saturated rings. The molecule has 0 bridgehead atoms. The number of hydrogen-bond donors (Lipinski definition) is 2. The standard InChI is InChI=1S/C14H14ClFN4/c1-7-12(17)19-14(8-5-6-8)20-13(7)18-10-4-2-3-9(15)11(10)16/h2-4,8H,5-6H2,1H3,(H3,17,18,19,20). The van der Waals surface area contributed by atoms with Crippen molar-refractivity contribution in [2.24, 2.45) is 0 Å². The maximum atomic E-state index is 13.9. The summed E-state index contributed by atoms with van der Waals surface area (Å²) < 4.78 is 13.9. The summed E-state index contributed by atoms with van der Waals surface area (Å²) in [4.78, 5) is 8.73. The lowest BCUT2D eigenvalue weighted by Crippen LogP contribution is -2.07. The molecule has 1 aliphatic carbocycles. The summed E-state index contributed by atoms with van der Waals surface area (Å²) in [5, 5.41) is 3.02. The van der Waals surface area contributed by atoms with Crippen molar-refractivity contribution in [3.63, 3.8) is 0 Å². The van der Waals surface area contributed by atoms with E-state index in [0.717, 1.165) is 18.7 Å². The molecule has 0 spiro atoms. The van der Waals surface area contributed by atoms with Crippen molar-refractivity contribution in [2.45, 2.75) is 25.7 Å². The normalized spacial score (nSPS) is 14.3. The topological polar surface area (TPSA) is 63.8 Å². The summed E-state index contributed by atoms with van der Waals surface area (Å²) >= 11 is 5.77. The number of rotatable bonds is 3. The van der Waals surface area contributed by atoms with Gasteiger partial charge in [0.2, 0.25) is 0 Å². The van der Waals surface area contributed by atoms with Crippen LogP contribution in [0.15, 0.2) is 18.2 Å². The second kappa shape index (κ2) is 4.90. The maximum absolute atomic E-state index is 13.9. The average molecular weight is 293 g/mol. The number of benzene rings is 1. The molecular formula is C14H14ClFN4. The highest BCUT2D eigenvalue weighted by Gasteiger charge is 2.28. The fourth-order valence-corrected chi connectivity index (χ4v) is 2.10. The highest BCUT2D eigenvalue weighted by Crippen LogP contribution is 2.39. The van der Waals surface area contributed by atoms with E-state index in [0.29, 0.717) is 23.1 Å². The smallest absolute Gasteiger partial charge is 0.165 e. The quantitative estimate of drug-likeness (QED) is 0.903. The Hall–Kier alpha value is -1.88. The van der Waals surface area contributed by atoms with Crippen molar-refractivity contribution < 1.29 is 4.39 Å². The fourth-order valence-electron chi connectivity index (χ4n) is 1.93. The van der Waals surface area contributed by atoms with Gasteiger partial charge in [0.15, 0.2) is 5.82 Å². The van der Waals surface area contributed by atoms with Crippen LogP contribution in [-0.4, -0.2) is 9.97 Å². The highest BCUT2D eigenvalue weighted by molar-refractivity contribution is 6.31. The first-order valence-electron chi connectivity index (χ1n) is 6.41. The van der Waals surface area contributed by atoms with Gasteiger partial charge in [-0.25, -0.2) is 14.4 Å². The molecule has 3 N–H and O–H groups in total. The van der Waals surface area contributed by atoms with Crippen LogP contribution in [-0.2, 0) is 0 Å². The third-order valence-corrected chi connectivity index (χ3v) is 3.64. The summed E-state index contributed by atoms with van der Waals surface area (Å²) in [6.07, 6.45) is 2.15.